The summed E-state index contributed by atoms with van der Waals surface area (Å²) in [5.74, 6) is 1.29. The Balaban J connectivity index is 1.66. The van der Waals surface area contributed by atoms with Gasteiger partial charge in [0.25, 0.3) is 5.91 Å². The van der Waals surface area contributed by atoms with Crippen LogP contribution in [-0.2, 0) is 6.42 Å². The largest absolute Gasteiger partial charge is 0.497 e. The minimum Gasteiger partial charge on any atom is -0.497 e. The average molecular weight is 310 g/mol. The second-order valence-corrected chi connectivity index (χ2v) is 6.02. The molecule has 1 saturated heterocycles. The lowest BCUT2D eigenvalue weighted by Gasteiger charge is -2.32. The minimum absolute atomic E-state index is 0.0922. The fraction of sp³-hybridized carbons (Fsp3) is 0.368. The first-order chi connectivity index (χ1) is 11.3. The number of piperidine rings is 1. The number of hydrogen-bond donors (Lipinski definition) is 0. The van der Waals surface area contributed by atoms with Gasteiger partial charge in [-0.3, -0.25) is 9.78 Å². The summed E-state index contributed by atoms with van der Waals surface area (Å²) in [6.45, 7) is 1.63. The summed E-state index contributed by atoms with van der Waals surface area (Å²) in [4.78, 5) is 19.1. The third-order valence-corrected chi connectivity index (χ3v) is 4.35. The number of benzene rings is 1. The quantitative estimate of drug-likeness (QED) is 0.871. The molecule has 1 aliphatic rings. The first-order valence-corrected chi connectivity index (χ1v) is 8.09. The second kappa shape index (κ2) is 7.27. The molecule has 0 N–H and O–H groups in total. The normalized spacial score (nSPS) is 17.8. The van der Waals surface area contributed by atoms with Crippen molar-refractivity contribution in [2.45, 2.75) is 19.3 Å². The van der Waals surface area contributed by atoms with Crippen molar-refractivity contribution >= 4 is 5.91 Å². The van der Waals surface area contributed by atoms with Gasteiger partial charge in [-0.05, 0) is 55.5 Å². The van der Waals surface area contributed by atoms with E-state index in [1.165, 1.54) is 0 Å². The van der Waals surface area contributed by atoms with Gasteiger partial charge >= 0.3 is 0 Å². The molecule has 0 aliphatic carbocycles. The molecule has 2 aromatic rings. The second-order valence-electron chi connectivity index (χ2n) is 6.02. The summed E-state index contributed by atoms with van der Waals surface area (Å²) < 4.78 is 5.21. The van der Waals surface area contributed by atoms with Gasteiger partial charge in [0.2, 0.25) is 0 Å². The third-order valence-electron chi connectivity index (χ3n) is 4.35. The van der Waals surface area contributed by atoms with Crippen molar-refractivity contribution in [3.63, 3.8) is 0 Å². The highest BCUT2D eigenvalue weighted by molar-refractivity contribution is 5.94. The molecule has 0 spiro atoms. The zero-order valence-corrected chi connectivity index (χ0v) is 13.4. The Bertz CT molecular complexity index is 657. The molecular weight excluding hydrogens is 288 g/mol. The molecule has 1 amide bonds. The van der Waals surface area contributed by atoms with E-state index in [1.807, 2.05) is 47.5 Å². The van der Waals surface area contributed by atoms with Gasteiger partial charge in [-0.2, -0.15) is 0 Å². The van der Waals surface area contributed by atoms with E-state index >= 15 is 0 Å². The fourth-order valence-electron chi connectivity index (χ4n) is 3.17. The monoisotopic (exact) mass is 310 g/mol. The molecule has 1 unspecified atom stereocenters. The Labute approximate surface area is 137 Å². The zero-order chi connectivity index (χ0) is 16.1. The first kappa shape index (κ1) is 15.5. The summed E-state index contributed by atoms with van der Waals surface area (Å²) in [5, 5.41) is 0. The molecule has 1 aromatic carbocycles. The van der Waals surface area contributed by atoms with E-state index in [0.29, 0.717) is 11.5 Å². The van der Waals surface area contributed by atoms with E-state index in [-0.39, 0.29) is 5.91 Å². The number of pyridine rings is 1. The summed E-state index contributed by atoms with van der Waals surface area (Å²) >= 11 is 0. The van der Waals surface area contributed by atoms with Crippen molar-refractivity contribution in [2.75, 3.05) is 20.2 Å². The molecule has 4 heteroatoms. The Kier molecular flexibility index (Phi) is 4.91. The predicted molar refractivity (Wildman–Crippen MR) is 89.6 cm³/mol. The molecule has 4 nitrogen and oxygen atoms in total. The topological polar surface area (TPSA) is 42.4 Å². The van der Waals surface area contributed by atoms with Crippen LogP contribution in [-0.4, -0.2) is 36.0 Å². The summed E-state index contributed by atoms with van der Waals surface area (Å²) in [5.41, 5.74) is 1.80. The van der Waals surface area contributed by atoms with Gasteiger partial charge in [-0.15, -0.1) is 0 Å². The van der Waals surface area contributed by atoms with E-state index in [1.54, 1.807) is 7.11 Å². The lowest BCUT2D eigenvalue weighted by atomic mass is 9.92. The van der Waals surface area contributed by atoms with E-state index in [4.69, 9.17) is 4.74 Å². The molecular formula is C19H22N2O2. The molecule has 1 aromatic heterocycles. The summed E-state index contributed by atoms with van der Waals surface area (Å²) in [7, 11) is 1.62. The van der Waals surface area contributed by atoms with Crippen LogP contribution >= 0.6 is 0 Å². The number of methoxy groups -OCH3 is 1. The maximum atomic E-state index is 12.7. The molecule has 0 bridgehead atoms. The molecule has 120 valence electrons. The van der Waals surface area contributed by atoms with Gasteiger partial charge in [0, 0.05) is 30.5 Å². The number of nitrogens with zero attached hydrogens (tertiary/aromatic N) is 2. The van der Waals surface area contributed by atoms with Crippen molar-refractivity contribution < 1.29 is 9.53 Å². The van der Waals surface area contributed by atoms with Crippen LogP contribution < -0.4 is 4.74 Å². The molecule has 2 heterocycles. The van der Waals surface area contributed by atoms with Gasteiger partial charge in [-0.1, -0.05) is 12.1 Å². The van der Waals surface area contributed by atoms with Gasteiger partial charge in [0.15, 0.2) is 0 Å². The van der Waals surface area contributed by atoms with Crippen molar-refractivity contribution in [3.05, 3.63) is 59.9 Å². The lowest BCUT2D eigenvalue weighted by Crippen LogP contribution is -2.40. The highest BCUT2D eigenvalue weighted by Crippen LogP contribution is 2.22. The van der Waals surface area contributed by atoms with E-state index in [9.17, 15) is 4.79 Å². The van der Waals surface area contributed by atoms with E-state index in [2.05, 4.69) is 11.1 Å². The van der Waals surface area contributed by atoms with Gasteiger partial charge < -0.3 is 9.64 Å². The summed E-state index contributed by atoms with van der Waals surface area (Å²) in [6, 6.07) is 13.4. The number of ether oxygens (including phenoxy) is 1. The molecule has 1 fully saturated rings. The Morgan fingerprint density at radius 2 is 2.22 bits per heavy atom. The van der Waals surface area contributed by atoms with Crippen LogP contribution in [0.1, 0.15) is 28.9 Å². The maximum absolute atomic E-state index is 12.7. The standard InChI is InChI=1S/C19H22N2O2/c1-23-18-9-4-7-16(13-18)19(22)21-11-5-6-15(14-21)12-17-8-2-3-10-20-17/h2-4,7-10,13,15H,5-6,11-12,14H2,1H3. The number of carbonyl (C=O) groups excluding carboxylic acids is 1. The van der Waals surface area contributed by atoms with Crippen LogP contribution in [0, 0.1) is 5.92 Å². The summed E-state index contributed by atoms with van der Waals surface area (Å²) in [6.07, 6.45) is 4.96. The van der Waals surface area contributed by atoms with Gasteiger partial charge in [0.05, 0.1) is 7.11 Å². The van der Waals surface area contributed by atoms with Crippen LogP contribution in [0.2, 0.25) is 0 Å². The number of hydrogen-bond acceptors (Lipinski definition) is 3. The SMILES string of the molecule is COc1cccc(C(=O)N2CCCC(Cc3ccccn3)C2)c1. The Hall–Kier alpha value is -2.36. The van der Waals surface area contributed by atoms with Crippen LogP contribution in [0.25, 0.3) is 0 Å². The molecule has 1 atom stereocenters. The highest BCUT2D eigenvalue weighted by Gasteiger charge is 2.25. The lowest BCUT2D eigenvalue weighted by molar-refractivity contribution is 0.0672. The Morgan fingerprint density at radius 3 is 3.00 bits per heavy atom. The molecule has 1 aliphatic heterocycles. The van der Waals surface area contributed by atoms with Crippen LogP contribution in [0.4, 0.5) is 0 Å². The Morgan fingerprint density at radius 1 is 1.30 bits per heavy atom. The van der Waals surface area contributed by atoms with Gasteiger partial charge in [0.1, 0.15) is 5.75 Å². The third kappa shape index (κ3) is 3.89. The van der Waals surface area contributed by atoms with Crippen LogP contribution in [0.5, 0.6) is 5.75 Å². The molecule has 0 saturated carbocycles. The van der Waals surface area contributed by atoms with Gasteiger partial charge in [-0.25, -0.2) is 0 Å². The highest BCUT2D eigenvalue weighted by atomic mass is 16.5. The number of rotatable bonds is 4. The first-order valence-electron chi connectivity index (χ1n) is 8.09. The van der Waals surface area contributed by atoms with Crippen molar-refractivity contribution in [1.82, 2.24) is 9.88 Å². The van der Waals surface area contributed by atoms with Crippen LogP contribution in [0.15, 0.2) is 48.7 Å². The number of carbonyl (C=O) groups is 1. The molecule has 23 heavy (non-hydrogen) atoms. The predicted octanol–water partition coefficient (Wildman–Crippen LogP) is 3.19. The number of amides is 1. The number of aromatic nitrogens is 1. The fourth-order valence-corrected chi connectivity index (χ4v) is 3.17. The molecule has 0 radical (unpaired) electrons. The van der Waals surface area contributed by atoms with Crippen molar-refractivity contribution in [2.24, 2.45) is 5.92 Å². The number of likely N-dealkylation sites (tertiary alicyclic amines) is 1. The van der Waals surface area contributed by atoms with Crippen molar-refractivity contribution in [3.8, 4) is 5.75 Å². The minimum atomic E-state index is 0.0922. The zero-order valence-electron chi connectivity index (χ0n) is 13.4. The average Bonchev–Trinajstić information content (AvgIpc) is 2.62. The van der Waals surface area contributed by atoms with E-state index in [0.717, 1.165) is 43.8 Å². The smallest absolute Gasteiger partial charge is 0.253 e. The van der Waals surface area contributed by atoms with Crippen molar-refractivity contribution in [1.29, 1.82) is 0 Å². The maximum Gasteiger partial charge on any atom is 0.253 e. The van der Waals surface area contributed by atoms with E-state index < -0.39 is 0 Å². The molecule has 3 rings (SSSR count). The van der Waals surface area contributed by atoms with Crippen LogP contribution in [0.3, 0.4) is 0 Å².